The van der Waals surface area contributed by atoms with E-state index in [4.69, 9.17) is 4.74 Å². The Hall–Kier alpha value is -1.46. The Morgan fingerprint density at radius 1 is 1.22 bits per heavy atom. The van der Waals surface area contributed by atoms with Gasteiger partial charge in [-0.2, -0.15) is 0 Å². The van der Waals surface area contributed by atoms with Gasteiger partial charge < -0.3 is 9.64 Å². The van der Waals surface area contributed by atoms with Crippen molar-refractivity contribution in [2.75, 3.05) is 26.7 Å². The minimum Gasteiger partial charge on any atom is -0.368 e. The Morgan fingerprint density at radius 3 is 2.65 bits per heavy atom. The van der Waals surface area contributed by atoms with Gasteiger partial charge in [0.2, 0.25) is 0 Å². The van der Waals surface area contributed by atoms with Crippen molar-refractivity contribution < 1.29 is 13.9 Å². The monoisotopic (exact) mass is 318 g/mol. The number of amides is 1. The predicted molar refractivity (Wildman–Crippen MR) is 84.2 cm³/mol. The molecule has 1 aromatic rings. The number of benzene rings is 1. The number of likely N-dealkylation sites (N-methyl/N-ethyl adjacent to an activating group) is 1. The summed E-state index contributed by atoms with van der Waals surface area (Å²) < 4.78 is 19.0. The van der Waals surface area contributed by atoms with Crippen molar-refractivity contribution >= 4 is 5.91 Å². The minimum atomic E-state index is -0.274. The van der Waals surface area contributed by atoms with Crippen LogP contribution in [0.4, 0.5) is 4.39 Å². The first kappa shape index (κ1) is 15.1. The Kier molecular flexibility index (Phi) is 3.85. The van der Waals surface area contributed by atoms with E-state index in [2.05, 4.69) is 4.90 Å². The largest absolute Gasteiger partial charge is 0.368 e. The highest BCUT2D eigenvalue weighted by Crippen LogP contribution is 2.36. The Morgan fingerprint density at radius 2 is 1.96 bits per heavy atom. The fourth-order valence-corrected chi connectivity index (χ4v) is 3.85. The molecule has 2 heterocycles. The SMILES string of the molecule is CN1C(=O)[C@@H](OCC2CC2)[C@H]2CN(Cc3ccc(F)cc3)C[C@H]21. The van der Waals surface area contributed by atoms with Crippen LogP contribution in [-0.4, -0.2) is 54.6 Å². The molecule has 1 saturated carbocycles. The van der Waals surface area contributed by atoms with Crippen LogP contribution in [0.25, 0.3) is 0 Å². The first-order valence-corrected chi connectivity index (χ1v) is 8.47. The first-order chi connectivity index (χ1) is 11.1. The number of halogens is 1. The van der Waals surface area contributed by atoms with Gasteiger partial charge in [-0.15, -0.1) is 0 Å². The zero-order valence-corrected chi connectivity index (χ0v) is 13.5. The molecule has 5 heteroatoms. The zero-order chi connectivity index (χ0) is 16.0. The number of likely N-dealkylation sites (tertiary alicyclic amines) is 2. The fraction of sp³-hybridized carbons (Fsp3) is 0.611. The molecule has 0 bridgehead atoms. The normalized spacial score (nSPS) is 31.0. The van der Waals surface area contributed by atoms with Crippen molar-refractivity contribution in [1.29, 1.82) is 0 Å². The second-order valence-corrected chi connectivity index (χ2v) is 7.20. The lowest BCUT2D eigenvalue weighted by Crippen LogP contribution is -2.37. The van der Waals surface area contributed by atoms with Gasteiger partial charge in [0.25, 0.3) is 5.91 Å². The summed E-state index contributed by atoms with van der Waals surface area (Å²) in [5.74, 6) is 0.864. The van der Waals surface area contributed by atoms with Crippen molar-refractivity contribution in [3.05, 3.63) is 35.6 Å². The standard InChI is InChI=1S/C18H23FN2O2/c1-20-16-10-21(8-12-4-6-14(19)7-5-12)9-15(16)17(18(20)22)23-11-13-2-3-13/h4-7,13,15-17H,2-3,8-11H2,1H3/t15-,16+,17-/m0/s1. The summed E-state index contributed by atoms with van der Waals surface area (Å²) in [6.45, 7) is 3.26. The van der Waals surface area contributed by atoms with Crippen molar-refractivity contribution in [3.8, 4) is 0 Å². The van der Waals surface area contributed by atoms with Crippen LogP contribution in [0.2, 0.25) is 0 Å². The molecule has 3 atom stereocenters. The van der Waals surface area contributed by atoms with Gasteiger partial charge in [-0.25, -0.2) is 4.39 Å². The number of carbonyl (C=O) groups is 1. The molecule has 3 fully saturated rings. The number of carbonyl (C=O) groups excluding carboxylic acids is 1. The van der Waals surface area contributed by atoms with Gasteiger partial charge in [-0.3, -0.25) is 9.69 Å². The summed E-state index contributed by atoms with van der Waals surface area (Å²) >= 11 is 0. The molecule has 1 amide bonds. The van der Waals surface area contributed by atoms with Crippen LogP contribution in [0.1, 0.15) is 18.4 Å². The third kappa shape index (κ3) is 3.00. The first-order valence-electron chi connectivity index (χ1n) is 8.47. The van der Waals surface area contributed by atoms with Crippen LogP contribution in [0, 0.1) is 17.7 Å². The number of hydrogen-bond acceptors (Lipinski definition) is 3. The van der Waals surface area contributed by atoms with E-state index in [9.17, 15) is 9.18 Å². The maximum absolute atomic E-state index is 13.0. The fourth-order valence-electron chi connectivity index (χ4n) is 3.85. The van der Waals surface area contributed by atoms with E-state index in [-0.39, 0.29) is 29.8 Å². The number of rotatable bonds is 5. The summed E-state index contributed by atoms with van der Waals surface area (Å²) in [7, 11) is 1.89. The van der Waals surface area contributed by atoms with Crippen molar-refractivity contribution in [3.63, 3.8) is 0 Å². The Labute approximate surface area is 136 Å². The van der Waals surface area contributed by atoms with Crippen LogP contribution in [0.5, 0.6) is 0 Å². The number of ether oxygens (including phenoxy) is 1. The Bertz CT molecular complexity index is 587. The van der Waals surface area contributed by atoms with Crippen molar-refractivity contribution in [2.24, 2.45) is 11.8 Å². The lowest BCUT2D eigenvalue weighted by atomic mass is 10.0. The molecule has 0 unspecified atom stereocenters. The topological polar surface area (TPSA) is 32.8 Å². The van der Waals surface area contributed by atoms with Crippen LogP contribution in [-0.2, 0) is 16.1 Å². The lowest BCUT2D eigenvalue weighted by molar-refractivity contribution is -0.138. The van der Waals surface area contributed by atoms with E-state index in [0.717, 1.165) is 31.8 Å². The van der Waals surface area contributed by atoms with Crippen LogP contribution in [0.3, 0.4) is 0 Å². The molecule has 2 saturated heterocycles. The van der Waals surface area contributed by atoms with Gasteiger partial charge in [0.05, 0.1) is 12.6 Å². The average molecular weight is 318 g/mol. The number of nitrogens with zero attached hydrogens (tertiary/aromatic N) is 2. The second-order valence-electron chi connectivity index (χ2n) is 7.20. The van der Waals surface area contributed by atoms with Crippen molar-refractivity contribution in [1.82, 2.24) is 9.80 Å². The number of fused-ring (bicyclic) bond motifs is 1. The van der Waals surface area contributed by atoms with Gasteiger partial charge in [0.1, 0.15) is 11.9 Å². The third-order valence-corrected chi connectivity index (χ3v) is 5.41. The maximum Gasteiger partial charge on any atom is 0.252 e. The third-order valence-electron chi connectivity index (χ3n) is 5.41. The molecular weight excluding hydrogens is 295 g/mol. The Balaban J connectivity index is 1.40. The van der Waals surface area contributed by atoms with Gasteiger partial charge in [0.15, 0.2) is 0 Å². The molecule has 4 nitrogen and oxygen atoms in total. The summed E-state index contributed by atoms with van der Waals surface area (Å²) in [5, 5.41) is 0. The van der Waals surface area contributed by atoms with E-state index in [0.29, 0.717) is 5.92 Å². The van der Waals surface area contributed by atoms with Crippen LogP contribution < -0.4 is 0 Å². The van der Waals surface area contributed by atoms with Crippen LogP contribution >= 0.6 is 0 Å². The van der Waals surface area contributed by atoms with Crippen molar-refractivity contribution in [2.45, 2.75) is 31.5 Å². The molecule has 23 heavy (non-hydrogen) atoms. The van der Waals surface area contributed by atoms with E-state index >= 15 is 0 Å². The smallest absolute Gasteiger partial charge is 0.252 e. The quantitative estimate of drug-likeness (QED) is 0.831. The average Bonchev–Trinajstić information content (AvgIpc) is 3.24. The van der Waals surface area contributed by atoms with Crippen LogP contribution in [0.15, 0.2) is 24.3 Å². The highest BCUT2D eigenvalue weighted by atomic mass is 19.1. The maximum atomic E-state index is 13.0. The zero-order valence-electron chi connectivity index (χ0n) is 13.5. The summed E-state index contributed by atoms with van der Waals surface area (Å²) in [6, 6.07) is 6.91. The molecule has 2 aliphatic heterocycles. The van der Waals surface area contributed by atoms with Gasteiger partial charge >= 0.3 is 0 Å². The minimum absolute atomic E-state index is 0.141. The molecule has 4 rings (SSSR count). The van der Waals surface area contributed by atoms with E-state index in [1.807, 2.05) is 24.1 Å². The van der Waals surface area contributed by atoms with E-state index in [1.54, 1.807) is 0 Å². The second kappa shape index (κ2) is 5.87. The highest BCUT2D eigenvalue weighted by Gasteiger charge is 2.51. The summed E-state index contributed by atoms with van der Waals surface area (Å²) in [4.78, 5) is 16.6. The molecule has 1 aromatic carbocycles. The molecule has 0 N–H and O–H groups in total. The molecule has 0 aromatic heterocycles. The summed E-state index contributed by atoms with van der Waals surface area (Å²) in [5.41, 5.74) is 1.11. The van der Waals surface area contributed by atoms with E-state index in [1.165, 1.54) is 25.0 Å². The molecular formula is C18H23FN2O2. The molecule has 0 spiro atoms. The number of hydrogen-bond donors (Lipinski definition) is 0. The highest BCUT2D eigenvalue weighted by molar-refractivity contribution is 5.84. The van der Waals surface area contributed by atoms with Gasteiger partial charge in [-0.05, 0) is 36.5 Å². The predicted octanol–water partition coefficient (Wildman–Crippen LogP) is 1.89. The summed E-state index contributed by atoms with van der Waals surface area (Å²) in [6.07, 6.45) is 2.20. The lowest BCUT2D eigenvalue weighted by Gasteiger charge is -2.22. The molecule has 0 radical (unpaired) electrons. The van der Waals surface area contributed by atoms with Gasteiger partial charge in [-0.1, -0.05) is 12.1 Å². The molecule has 3 aliphatic rings. The molecule has 1 aliphatic carbocycles. The molecule has 124 valence electrons. The van der Waals surface area contributed by atoms with Gasteiger partial charge in [0, 0.05) is 32.6 Å². The van der Waals surface area contributed by atoms with E-state index < -0.39 is 0 Å².